The Morgan fingerprint density at radius 3 is 2.79 bits per heavy atom. The lowest BCUT2D eigenvalue weighted by atomic mass is 10.1. The summed E-state index contributed by atoms with van der Waals surface area (Å²) in [5.41, 5.74) is 1.88. The number of carbonyl (C=O) groups is 1. The van der Waals surface area contributed by atoms with Crippen LogP contribution in [0.2, 0.25) is 0 Å². The molecule has 1 aromatic carbocycles. The first-order chi connectivity index (χ1) is 9.13. The first-order valence-electron chi connectivity index (χ1n) is 6.83. The molecule has 1 N–H and O–H groups in total. The fraction of sp³-hybridized carbons (Fsp3) is 0.533. The second kappa shape index (κ2) is 6.17. The van der Waals surface area contributed by atoms with Crippen molar-refractivity contribution in [3.63, 3.8) is 0 Å². The smallest absolute Gasteiger partial charge is 0.254 e. The Morgan fingerprint density at radius 1 is 1.37 bits per heavy atom. The lowest BCUT2D eigenvalue weighted by Crippen LogP contribution is -2.56. The zero-order valence-electron chi connectivity index (χ0n) is 12.0. The van der Waals surface area contributed by atoms with Crippen LogP contribution in [0.3, 0.4) is 0 Å². The van der Waals surface area contributed by atoms with E-state index in [1.165, 1.54) is 0 Å². The second-order valence-corrected chi connectivity index (χ2v) is 5.26. The van der Waals surface area contributed by atoms with Crippen molar-refractivity contribution in [1.29, 1.82) is 0 Å². The number of amides is 1. The number of likely N-dealkylation sites (N-methyl/N-ethyl adjacent to an activating group) is 2. The van der Waals surface area contributed by atoms with E-state index in [4.69, 9.17) is 0 Å². The third-order valence-electron chi connectivity index (χ3n) is 3.88. The van der Waals surface area contributed by atoms with Crippen molar-refractivity contribution >= 4 is 5.91 Å². The minimum Gasteiger partial charge on any atom is -0.336 e. The minimum atomic E-state index is 0.160. The topological polar surface area (TPSA) is 35.6 Å². The third kappa shape index (κ3) is 3.14. The molecule has 1 aromatic rings. The quantitative estimate of drug-likeness (QED) is 0.881. The van der Waals surface area contributed by atoms with E-state index in [-0.39, 0.29) is 5.91 Å². The molecule has 0 radical (unpaired) electrons. The molecule has 0 bridgehead atoms. The molecule has 104 valence electrons. The van der Waals surface area contributed by atoms with E-state index in [0.29, 0.717) is 6.04 Å². The molecule has 1 atom stereocenters. The van der Waals surface area contributed by atoms with Crippen LogP contribution in [0.25, 0.3) is 0 Å². The predicted molar refractivity (Wildman–Crippen MR) is 77.4 cm³/mol. The van der Waals surface area contributed by atoms with Crippen LogP contribution in [0.4, 0.5) is 0 Å². The molecule has 19 heavy (non-hydrogen) atoms. The van der Waals surface area contributed by atoms with Gasteiger partial charge < -0.3 is 10.2 Å². The van der Waals surface area contributed by atoms with Gasteiger partial charge in [-0.05, 0) is 32.6 Å². The number of benzene rings is 1. The molecule has 4 nitrogen and oxygen atoms in total. The van der Waals surface area contributed by atoms with Crippen molar-refractivity contribution in [1.82, 2.24) is 15.1 Å². The molecule has 0 aliphatic carbocycles. The largest absolute Gasteiger partial charge is 0.336 e. The van der Waals surface area contributed by atoms with Crippen molar-refractivity contribution in [2.45, 2.75) is 13.0 Å². The number of nitrogens with zero attached hydrogens (tertiary/aromatic N) is 2. The highest BCUT2D eigenvalue weighted by molar-refractivity contribution is 5.95. The van der Waals surface area contributed by atoms with E-state index in [1.807, 2.05) is 43.1 Å². The summed E-state index contributed by atoms with van der Waals surface area (Å²) in [7, 11) is 4.08. The van der Waals surface area contributed by atoms with Crippen LogP contribution < -0.4 is 5.32 Å². The summed E-state index contributed by atoms with van der Waals surface area (Å²) < 4.78 is 0. The summed E-state index contributed by atoms with van der Waals surface area (Å²) >= 11 is 0. The van der Waals surface area contributed by atoms with Gasteiger partial charge in [0.2, 0.25) is 0 Å². The van der Waals surface area contributed by atoms with Crippen LogP contribution in [0.15, 0.2) is 24.3 Å². The van der Waals surface area contributed by atoms with Crippen LogP contribution in [-0.4, -0.2) is 62.0 Å². The molecule has 1 amide bonds. The van der Waals surface area contributed by atoms with E-state index >= 15 is 0 Å². The Bertz CT molecular complexity index is 447. The van der Waals surface area contributed by atoms with Crippen LogP contribution >= 0.6 is 0 Å². The lowest BCUT2D eigenvalue weighted by molar-refractivity contribution is 0.0549. The van der Waals surface area contributed by atoms with Gasteiger partial charge in [-0.1, -0.05) is 18.2 Å². The molecule has 2 rings (SSSR count). The number of aryl methyl sites for hydroxylation is 1. The van der Waals surface area contributed by atoms with Gasteiger partial charge >= 0.3 is 0 Å². The Hall–Kier alpha value is -1.39. The maximum absolute atomic E-state index is 12.6. The maximum atomic E-state index is 12.6. The number of nitrogens with one attached hydrogen (secondary N) is 1. The Kier molecular flexibility index (Phi) is 4.56. The van der Waals surface area contributed by atoms with E-state index < -0.39 is 0 Å². The van der Waals surface area contributed by atoms with E-state index in [0.717, 1.165) is 37.3 Å². The Morgan fingerprint density at radius 2 is 2.11 bits per heavy atom. The first-order valence-corrected chi connectivity index (χ1v) is 6.83. The lowest BCUT2D eigenvalue weighted by Gasteiger charge is -2.39. The van der Waals surface area contributed by atoms with Gasteiger partial charge in [0.1, 0.15) is 0 Å². The summed E-state index contributed by atoms with van der Waals surface area (Å²) in [6, 6.07) is 8.21. The Labute approximate surface area is 115 Å². The average Bonchev–Trinajstić information content (AvgIpc) is 2.41. The molecule has 1 aliphatic heterocycles. The summed E-state index contributed by atoms with van der Waals surface area (Å²) in [5, 5.41) is 3.20. The summed E-state index contributed by atoms with van der Waals surface area (Å²) in [6.07, 6.45) is 0. The number of hydrogen-bond donors (Lipinski definition) is 1. The van der Waals surface area contributed by atoms with Crippen molar-refractivity contribution in [3.8, 4) is 0 Å². The summed E-state index contributed by atoms with van der Waals surface area (Å²) in [6.45, 7) is 5.45. The average molecular weight is 261 g/mol. The van der Waals surface area contributed by atoms with Gasteiger partial charge in [0.15, 0.2) is 0 Å². The zero-order valence-corrected chi connectivity index (χ0v) is 12.0. The predicted octanol–water partition coefficient (Wildman–Crippen LogP) is 0.971. The number of hydrogen-bond acceptors (Lipinski definition) is 3. The molecule has 1 aliphatic rings. The molecule has 1 unspecified atom stereocenters. The third-order valence-corrected chi connectivity index (χ3v) is 3.88. The molecule has 4 heteroatoms. The molecule has 0 saturated carbocycles. The van der Waals surface area contributed by atoms with Crippen LogP contribution in [0.1, 0.15) is 15.9 Å². The van der Waals surface area contributed by atoms with Gasteiger partial charge in [0.25, 0.3) is 5.91 Å². The standard InChI is InChI=1S/C15H23N3O/c1-12-6-4-5-7-14(12)15(19)18-9-8-17(3)13(11-18)10-16-2/h4-7,13,16H,8-11H2,1-3H3. The highest BCUT2D eigenvalue weighted by atomic mass is 16.2. The molecular formula is C15H23N3O. The van der Waals surface area contributed by atoms with Crippen molar-refractivity contribution in [3.05, 3.63) is 35.4 Å². The monoisotopic (exact) mass is 261 g/mol. The van der Waals surface area contributed by atoms with Gasteiger partial charge in [-0.15, -0.1) is 0 Å². The van der Waals surface area contributed by atoms with Crippen molar-refractivity contribution in [2.75, 3.05) is 40.3 Å². The van der Waals surface area contributed by atoms with Crippen molar-refractivity contribution in [2.24, 2.45) is 0 Å². The van der Waals surface area contributed by atoms with Crippen LogP contribution in [0, 0.1) is 6.92 Å². The summed E-state index contributed by atoms with van der Waals surface area (Å²) in [5.74, 6) is 0.160. The molecule has 1 saturated heterocycles. The van der Waals surface area contributed by atoms with Gasteiger partial charge in [-0.3, -0.25) is 9.69 Å². The van der Waals surface area contributed by atoms with E-state index in [1.54, 1.807) is 0 Å². The normalized spacial score (nSPS) is 20.6. The number of rotatable bonds is 3. The van der Waals surface area contributed by atoms with Gasteiger partial charge in [0, 0.05) is 37.8 Å². The first kappa shape index (κ1) is 14.0. The van der Waals surface area contributed by atoms with Gasteiger partial charge in [-0.25, -0.2) is 0 Å². The fourth-order valence-corrected chi connectivity index (χ4v) is 2.57. The molecule has 1 heterocycles. The zero-order chi connectivity index (χ0) is 13.8. The minimum absolute atomic E-state index is 0.160. The molecule has 0 spiro atoms. The highest BCUT2D eigenvalue weighted by Gasteiger charge is 2.27. The van der Waals surface area contributed by atoms with E-state index in [9.17, 15) is 4.79 Å². The SMILES string of the molecule is CNCC1CN(C(=O)c2ccccc2C)CCN1C. The maximum Gasteiger partial charge on any atom is 0.254 e. The van der Waals surface area contributed by atoms with Gasteiger partial charge in [-0.2, -0.15) is 0 Å². The van der Waals surface area contributed by atoms with Crippen molar-refractivity contribution < 1.29 is 4.79 Å². The number of carbonyl (C=O) groups excluding carboxylic acids is 1. The molecule has 1 fully saturated rings. The second-order valence-electron chi connectivity index (χ2n) is 5.26. The fourth-order valence-electron chi connectivity index (χ4n) is 2.57. The van der Waals surface area contributed by atoms with Crippen LogP contribution in [-0.2, 0) is 0 Å². The molecule has 0 aromatic heterocycles. The number of piperazine rings is 1. The highest BCUT2D eigenvalue weighted by Crippen LogP contribution is 2.14. The molecular weight excluding hydrogens is 238 g/mol. The van der Waals surface area contributed by atoms with E-state index in [2.05, 4.69) is 17.3 Å². The van der Waals surface area contributed by atoms with Crippen LogP contribution in [0.5, 0.6) is 0 Å². The Balaban J connectivity index is 2.10. The van der Waals surface area contributed by atoms with Gasteiger partial charge in [0.05, 0.1) is 0 Å². The summed E-state index contributed by atoms with van der Waals surface area (Å²) in [4.78, 5) is 16.9.